The summed E-state index contributed by atoms with van der Waals surface area (Å²) >= 11 is 0. The van der Waals surface area contributed by atoms with Crippen LogP contribution in [0.2, 0.25) is 0 Å². The summed E-state index contributed by atoms with van der Waals surface area (Å²) in [6.07, 6.45) is -9.24. The molecule has 7 nitrogen and oxygen atoms in total. The Labute approximate surface area is 163 Å². The highest BCUT2D eigenvalue weighted by molar-refractivity contribution is 5.94. The first-order chi connectivity index (χ1) is 13.8. The van der Waals surface area contributed by atoms with E-state index in [9.17, 15) is 36.2 Å². The minimum absolute atomic E-state index is 0.288. The summed E-state index contributed by atoms with van der Waals surface area (Å²) in [5, 5.41) is 9.42. The predicted octanol–water partition coefficient (Wildman–Crippen LogP) is 4.85. The molecule has 0 bridgehead atoms. The van der Waals surface area contributed by atoms with Crippen molar-refractivity contribution in [2.45, 2.75) is 19.6 Å². The number of hydrogen-bond acceptors (Lipinski definition) is 6. The lowest BCUT2D eigenvalue weighted by atomic mass is 10.1. The number of methoxy groups -OCH3 is 1. The molecule has 0 atom stereocenters. The SMILES string of the molecule is COc1c(Oc2cc3c(c(C)c2C(=O)O)OC(F)(F)O3)ccc(OC(F)(F)F)c1F. The Hall–Kier alpha value is -3.51. The topological polar surface area (TPSA) is 83.5 Å². The van der Waals surface area contributed by atoms with Gasteiger partial charge in [0.2, 0.25) is 11.6 Å². The zero-order chi connectivity index (χ0) is 22.4. The first kappa shape index (κ1) is 21.2. The van der Waals surface area contributed by atoms with E-state index in [0.29, 0.717) is 6.07 Å². The van der Waals surface area contributed by atoms with Crippen LogP contribution < -0.4 is 23.7 Å². The maximum atomic E-state index is 14.3. The standard InChI is InChI=1S/C17H10F6O7/c1-6-11(15(24)25)9(5-10-13(6)30-17(22,23)29-10)27-8-4-3-7(28-16(19,20)21)12(18)14(8)26-2/h3-5H,1-2H3,(H,24,25). The van der Waals surface area contributed by atoms with E-state index < -0.39 is 64.5 Å². The molecule has 1 heterocycles. The number of carboxylic acid groups (broad SMARTS) is 1. The number of carbonyl (C=O) groups is 1. The van der Waals surface area contributed by atoms with Crippen LogP contribution in [-0.2, 0) is 0 Å². The van der Waals surface area contributed by atoms with Crippen molar-refractivity contribution >= 4 is 5.97 Å². The van der Waals surface area contributed by atoms with Gasteiger partial charge in [-0.25, -0.2) is 4.79 Å². The molecule has 1 aliphatic heterocycles. The molecule has 2 aromatic rings. The largest absolute Gasteiger partial charge is 0.586 e. The lowest BCUT2D eigenvalue weighted by Gasteiger charge is -2.17. The van der Waals surface area contributed by atoms with Crippen LogP contribution in [0.25, 0.3) is 0 Å². The van der Waals surface area contributed by atoms with E-state index in [1.165, 1.54) is 0 Å². The van der Waals surface area contributed by atoms with E-state index in [4.69, 9.17) is 4.74 Å². The molecular weight excluding hydrogens is 430 g/mol. The number of ether oxygens (including phenoxy) is 5. The number of halogens is 6. The molecule has 1 N–H and O–H groups in total. The summed E-state index contributed by atoms with van der Waals surface area (Å²) in [7, 11) is 0.909. The fraction of sp³-hybridized carbons (Fsp3) is 0.235. The van der Waals surface area contributed by atoms with Gasteiger partial charge < -0.3 is 28.8 Å². The third-order valence-electron chi connectivity index (χ3n) is 3.79. The third kappa shape index (κ3) is 3.95. The van der Waals surface area contributed by atoms with E-state index >= 15 is 0 Å². The predicted molar refractivity (Wildman–Crippen MR) is 84.1 cm³/mol. The summed E-state index contributed by atoms with van der Waals surface area (Å²) in [6.45, 7) is 1.14. The average Bonchev–Trinajstić information content (AvgIpc) is 2.91. The Balaban J connectivity index is 2.08. The summed E-state index contributed by atoms with van der Waals surface area (Å²) in [6, 6.07) is 2.13. The average molecular weight is 440 g/mol. The first-order valence-corrected chi connectivity index (χ1v) is 7.80. The van der Waals surface area contributed by atoms with Crippen LogP contribution >= 0.6 is 0 Å². The van der Waals surface area contributed by atoms with Gasteiger partial charge in [-0.15, -0.1) is 22.0 Å². The zero-order valence-electron chi connectivity index (χ0n) is 14.9. The summed E-state index contributed by atoms with van der Waals surface area (Å²) < 4.78 is 100. The van der Waals surface area contributed by atoms with Crippen molar-refractivity contribution in [2.24, 2.45) is 0 Å². The molecule has 30 heavy (non-hydrogen) atoms. The Morgan fingerprint density at radius 2 is 1.77 bits per heavy atom. The highest BCUT2D eigenvalue weighted by Crippen LogP contribution is 2.49. The van der Waals surface area contributed by atoms with Gasteiger partial charge in [-0.05, 0) is 19.1 Å². The van der Waals surface area contributed by atoms with Crippen LogP contribution in [0, 0.1) is 12.7 Å². The number of fused-ring (bicyclic) bond motifs is 1. The van der Waals surface area contributed by atoms with Crippen molar-refractivity contribution in [3.05, 3.63) is 35.1 Å². The number of benzene rings is 2. The molecule has 2 aromatic carbocycles. The lowest BCUT2D eigenvalue weighted by Crippen LogP contribution is -2.26. The molecule has 3 rings (SSSR count). The maximum absolute atomic E-state index is 14.3. The minimum atomic E-state index is -5.19. The minimum Gasteiger partial charge on any atom is -0.490 e. The number of alkyl halides is 5. The first-order valence-electron chi connectivity index (χ1n) is 7.80. The van der Waals surface area contributed by atoms with Crippen molar-refractivity contribution in [3.8, 4) is 34.5 Å². The van der Waals surface area contributed by atoms with Gasteiger partial charge in [-0.3, -0.25) is 0 Å². The highest BCUT2D eigenvalue weighted by Gasteiger charge is 2.46. The second-order valence-corrected chi connectivity index (χ2v) is 5.73. The highest BCUT2D eigenvalue weighted by atomic mass is 19.4. The summed E-state index contributed by atoms with van der Waals surface area (Å²) in [5.74, 6) is -7.53. The van der Waals surface area contributed by atoms with Gasteiger partial charge in [0.15, 0.2) is 23.0 Å². The van der Waals surface area contributed by atoms with Crippen molar-refractivity contribution in [1.29, 1.82) is 0 Å². The van der Waals surface area contributed by atoms with Gasteiger partial charge in [0.25, 0.3) is 0 Å². The molecule has 0 unspecified atom stereocenters. The van der Waals surface area contributed by atoms with Crippen molar-refractivity contribution < 1.29 is 59.9 Å². The van der Waals surface area contributed by atoms with Crippen LogP contribution in [0.5, 0.6) is 34.5 Å². The second kappa shape index (κ2) is 7.07. The molecule has 0 aliphatic carbocycles. The summed E-state index contributed by atoms with van der Waals surface area (Å²) in [4.78, 5) is 11.6. The Morgan fingerprint density at radius 3 is 2.33 bits per heavy atom. The van der Waals surface area contributed by atoms with E-state index in [-0.39, 0.29) is 5.56 Å². The summed E-state index contributed by atoms with van der Waals surface area (Å²) in [5.41, 5.74) is -0.920. The quantitative estimate of drug-likeness (QED) is 0.666. The Morgan fingerprint density at radius 1 is 1.13 bits per heavy atom. The molecule has 162 valence electrons. The van der Waals surface area contributed by atoms with Gasteiger partial charge in [0.05, 0.1) is 7.11 Å². The van der Waals surface area contributed by atoms with Gasteiger partial charge in [-0.1, -0.05) is 0 Å². The normalized spacial score (nSPS) is 14.4. The van der Waals surface area contributed by atoms with Crippen LogP contribution in [0.4, 0.5) is 26.3 Å². The molecule has 0 radical (unpaired) electrons. The second-order valence-electron chi connectivity index (χ2n) is 5.73. The molecule has 1 aliphatic rings. The number of rotatable bonds is 5. The molecule has 0 fully saturated rings. The van der Waals surface area contributed by atoms with Crippen molar-refractivity contribution in [2.75, 3.05) is 7.11 Å². The number of aromatic carboxylic acids is 1. The monoisotopic (exact) mass is 440 g/mol. The van der Waals surface area contributed by atoms with Crippen LogP contribution in [-0.4, -0.2) is 30.8 Å². The smallest absolute Gasteiger partial charge is 0.490 e. The number of carboxylic acids is 1. The molecule has 0 spiro atoms. The van der Waals surface area contributed by atoms with Crippen molar-refractivity contribution in [3.63, 3.8) is 0 Å². The lowest BCUT2D eigenvalue weighted by molar-refractivity contribution is -0.287. The number of hydrogen-bond donors (Lipinski definition) is 1. The van der Waals surface area contributed by atoms with Crippen molar-refractivity contribution in [1.82, 2.24) is 0 Å². The van der Waals surface area contributed by atoms with E-state index in [0.717, 1.165) is 26.2 Å². The molecule has 13 heteroatoms. The fourth-order valence-electron chi connectivity index (χ4n) is 2.67. The third-order valence-corrected chi connectivity index (χ3v) is 3.79. The molecule has 0 aromatic heterocycles. The van der Waals surface area contributed by atoms with Crippen LogP contribution in [0.1, 0.15) is 15.9 Å². The molecular formula is C17H10F6O7. The van der Waals surface area contributed by atoms with Crippen LogP contribution in [0.3, 0.4) is 0 Å². The van der Waals surface area contributed by atoms with E-state index in [1.807, 2.05) is 0 Å². The van der Waals surface area contributed by atoms with Gasteiger partial charge in [-0.2, -0.15) is 4.39 Å². The molecule has 0 saturated carbocycles. The molecule has 0 amide bonds. The van der Waals surface area contributed by atoms with E-state index in [2.05, 4.69) is 18.9 Å². The Bertz CT molecular complexity index is 1020. The maximum Gasteiger partial charge on any atom is 0.586 e. The van der Waals surface area contributed by atoms with E-state index in [1.54, 1.807) is 0 Å². The molecule has 0 saturated heterocycles. The van der Waals surface area contributed by atoms with Crippen LogP contribution in [0.15, 0.2) is 18.2 Å². The van der Waals surface area contributed by atoms with Gasteiger partial charge in [0, 0.05) is 11.6 Å². The zero-order valence-corrected chi connectivity index (χ0v) is 14.9. The Kier molecular flexibility index (Phi) is 5.00. The van der Waals surface area contributed by atoms with Gasteiger partial charge in [0.1, 0.15) is 11.3 Å². The fourth-order valence-corrected chi connectivity index (χ4v) is 2.67. The van der Waals surface area contributed by atoms with Gasteiger partial charge >= 0.3 is 18.6 Å².